The van der Waals surface area contributed by atoms with Gasteiger partial charge in [0.2, 0.25) is 0 Å². The number of hydrogen-bond donors (Lipinski definition) is 3. The summed E-state index contributed by atoms with van der Waals surface area (Å²) in [4.78, 5) is 11.3. The van der Waals surface area contributed by atoms with Crippen molar-refractivity contribution in [2.45, 2.75) is 37.0 Å². The zero-order valence-electron chi connectivity index (χ0n) is 11.1. The van der Waals surface area contributed by atoms with E-state index in [1.165, 1.54) is 25.3 Å². The molecule has 0 aliphatic heterocycles. The van der Waals surface area contributed by atoms with Crippen LogP contribution in [0.3, 0.4) is 0 Å². The van der Waals surface area contributed by atoms with Gasteiger partial charge in [0.25, 0.3) is 0 Å². The predicted octanol–water partition coefficient (Wildman–Crippen LogP) is 3.05. The maximum Gasteiger partial charge on any atom is 0.337 e. The lowest BCUT2D eigenvalue weighted by Gasteiger charge is -2.32. The highest BCUT2D eigenvalue weighted by Crippen LogP contribution is 2.30. The van der Waals surface area contributed by atoms with Gasteiger partial charge in [-0.15, -0.1) is 0 Å². The first kappa shape index (κ1) is 14.1. The van der Waals surface area contributed by atoms with Gasteiger partial charge in [0.05, 0.1) is 5.56 Å². The van der Waals surface area contributed by atoms with E-state index < -0.39 is 5.97 Å². The molecule has 0 aromatic heterocycles. The molecule has 0 amide bonds. The number of anilines is 2. The molecule has 19 heavy (non-hydrogen) atoms. The molecule has 104 valence electrons. The van der Waals surface area contributed by atoms with Crippen LogP contribution < -0.4 is 11.1 Å². The summed E-state index contributed by atoms with van der Waals surface area (Å²) < 4.78 is 0. The number of rotatable bonds is 4. The van der Waals surface area contributed by atoms with E-state index in [1.807, 2.05) is 11.8 Å². The monoisotopic (exact) mass is 280 g/mol. The van der Waals surface area contributed by atoms with Crippen LogP contribution in [0.25, 0.3) is 0 Å². The van der Waals surface area contributed by atoms with Crippen LogP contribution in [0.4, 0.5) is 11.4 Å². The van der Waals surface area contributed by atoms with E-state index in [0.29, 0.717) is 22.7 Å². The molecule has 0 heterocycles. The molecule has 1 aromatic carbocycles. The minimum Gasteiger partial charge on any atom is -0.478 e. The Labute approximate surface area is 117 Å². The Kier molecular flexibility index (Phi) is 4.58. The van der Waals surface area contributed by atoms with Crippen molar-refractivity contribution in [3.8, 4) is 0 Å². The number of nitrogens with two attached hydrogens (primary N) is 1. The van der Waals surface area contributed by atoms with Crippen LogP contribution in [0, 0.1) is 0 Å². The fourth-order valence-corrected chi connectivity index (χ4v) is 3.54. The molecule has 1 saturated carbocycles. The summed E-state index contributed by atoms with van der Waals surface area (Å²) in [6.07, 6.45) is 6.86. The fraction of sp³-hybridized carbons (Fsp3) is 0.500. The number of thioether (sulfide) groups is 1. The lowest BCUT2D eigenvalue weighted by molar-refractivity contribution is 0.0698. The normalized spacial score (nSPS) is 23.0. The molecule has 4 nitrogen and oxygen atoms in total. The molecule has 2 rings (SSSR count). The van der Waals surface area contributed by atoms with E-state index in [4.69, 9.17) is 5.73 Å². The van der Waals surface area contributed by atoms with Gasteiger partial charge in [0.1, 0.15) is 0 Å². The van der Waals surface area contributed by atoms with Crippen LogP contribution >= 0.6 is 11.8 Å². The molecule has 4 N–H and O–H groups in total. The van der Waals surface area contributed by atoms with E-state index in [0.717, 1.165) is 6.42 Å². The van der Waals surface area contributed by atoms with Gasteiger partial charge in [-0.2, -0.15) is 11.8 Å². The van der Waals surface area contributed by atoms with Crippen LogP contribution in [0.15, 0.2) is 18.2 Å². The Morgan fingerprint density at radius 2 is 2.16 bits per heavy atom. The quantitative estimate of drug-likeness (QED) is 0.739. The summed E-state index contributed by atoms with van der Waals surface area (Å²) in [6, 6.07) is 5.36. The smallest absolute Gasteiger partial charge is 0.337 e. The number of hydrogen-bond acceptors (Lipinski definition) is 4. The Bertz CT molecular complexity index is 465. The number of aromatic carboxylic acids is 1. The van der Waals surface area contributed by atoms with Crippen LogP contribution in [-0.2, 0) is 0 Å². The van der Waals surface area contributed by atoms with Crippen LogP contribution in [0.1, 0.15) is 36.0 Å². The second kappa shape index (κ2) is 6.19. The number of nitrogens with one attached hydrogen (secondary N) is 1. The Balaban J connectivity index is 2.20. The first-order chi connectivity index (χ1) is 9.11. The zero-order chi connectivity index (χ0) is 13.8. The summed E-state index contributed by atoms with van der Waals surface area (Å²) in [5.41, 5.74) is 7.07. The third kappa shape index (κ3) is 3.35. The third-order valence-corrected chi connectivity index (χ3v) is 4.79. The Morgan fingerprint density at radius 1 is 1.42 bits per heavy atom. The first-order valence-electron chi connectivity index (χ1n) is 6.54. The minimum atomic E-state index is -0.939. The number of carbonyl (C=O) groups is 1. The van der Waals surface area contributed by atoms with E-state index >= 15 is 0 Å². The standard InChI is InChI=1S/C14H20N2O2S/c1-19-13-5-3-2-4-12(13)16-11-7-6-9(15)8-10(11)14(17)18/h6-8,12-13,16H,2-5,15H2,1H3,(H,17,18). The molecule has 0 bridgehead atoms. The van der Waals surface area contributed by atoms with E-state index in [-0.39, 0.29) is 5.56 Å². The molecule has 0 spiro atoms. The van der Waals surface area contributed by atoms with Crippen molar-refractivity contribution in [1.29, 1.82) is 0 Å². The van der Waals surface area contributed by atoms with E-state index in [1.54, 1.807) is 12.1 Å². The molecular formula is C14H20N2O2S. The summed E-state index contributed by atoms with van der Waals surface area (Å²) in [5.74, 6) is -0.939. The van der Waals surface area contributed by atoms with Crippen LogP contribution in [-0.4, -0.2) is 28.6 Å². The SMILES string of the molecule is CSC1CCCCC1Nc1ccc(N)cc1C(=O)O. The van der Waals surface area contributed by atoms with E-state index in [2.05, 4.69) is 11.6 Å². The second-order valence-electron chi connectivity index (χ2n) is 4.92. The van der Waals surface area contributed by atoms with Gasteiger partial charge in [-0.25, -0.2) is 4.79 Å². The summed E-state index contributed by atoms with van der Waals surface area (Å²) >= 11 is 1.86. The molecule has 1 fully saturated rings. The molecule has 1 aliphatic carbocycles. The second-order valence-corrected chi connectivity index (χ2v) is 6.00. The molecule has 0 radical (unpaired) electrons. The average Bonchev–Trinajstić information content (AvgIpc) is 2.41. The highest BCUT2D eigenvalue weighted by atomic mass is 32.2. The van der Waals surface area contributed by atoms with Crippen molar-refractivity contribution in [2.75, 3.05) is 17.3 Å². The van der Waals surface area contributed by atoms with E-state index in [9.17, 15) is 9.90 Å². The van der Waals surface area contributed by atoms with Crippen molar-refractivity contribution >= 4 is 29.1 Å². The molecule has 5 heteroatoms. The molecule has 1 aliphatic rings. The van der Waals surface area contributed by atoms with Crippen LogP contribution in [0.5, 0.6) is 0 Å². The highest BCUT2D eigenvalue weighted by Gasteiger charge is 2.25. The Hall–Kier alpha value is -1.36. The maximum atomic E-state index is 11.3. The molecule has 0 saturated heterocycles. The zero-order valence-corrected chi connectivity index (χ0v) is 11.9. The maximum absolute atomic E-state index is 11.3. The van der Waals surface area contributed by atoms with Crippen molar-refractivity contribution in [3.05, 3.63) is 23.8 Å². The summed E-state index contributed by atoms with van der Waals surface area (Å²) in [7, 11) is 0. The summed E-state index contributed by atoms with van der Waals surface area (Å²) in [5, 5.41) is 13.2. The average molecular weight is 280 g/mol. The first-order valence-corrected chi connectivity index (χ1v) is 7.82. The van der Waals surface area contributed by atoms with Gasteiger partial charge in [0, 0.05) is 22.7 Å². The van der Waals surface area contributed by atoms with Gasteiger partial charge < -0.3 is 16.2 Å². The van der Waals surface area contributed by atoms with Gasteiger partial charge >= 0.3 is 5.97 Å². The van der Waals surface area contributed by atoms with Gasteiger partial charge in [-0.05, 0) is 37.3 Å². The van der Waals surface area contributed by atoms with Crippen molar-refractivity contribution in [1.82, 2.24) is 0 Å². The largest absolute Gasteiger partial charge is 0.478 e. The predicted molar refractivity (Wildman–Crippen MR) is 81.0 cm³/mol. The number of nitrogen functional groups attached to an aromatic ring is 1. The van der Waals surface area contributed by atoms with Gasteiger partial charge in [-0.3, -0.25) is 0 Å². The van der Waals surface area contributed by atoms with Crippen molar-refractivity contribution in [3.63, 3.8) is 0 Å². The topological polar surface area (TPSA) is 75.3 Å². The summed E-state index contributed by atoms with van der Waals surface area (Å²) in [6.45, 7) is 0. The molecule has 2 atom stereocenters. The minimum absolute atomic E-state index is 0.255. The lowest BCUT2D eigenvalue weighted by Crippen LogP contribution is -2.34. The highest BCUT2D eigenvalue weighted by molar-refractivity contribution is 7.99. The van der Waals surface area contributed by atoms with Crippen LogP contribution in [0.2, 0.25) is 0 Å². The third-order valence-electron chi connectivity index (χ3n) is 3.62. The molecular weight excluding hydrogens is 260 g/mol. The number of carboxylic acids is 1. The lowest BCUT2D eigenvalue weighted by atomic mass is 9.94. The van der Waals surface area contributed by atoms with Gasteiger partial charge in [-0.1, -0.05) is 12.8 Å². The number of carboxylic acid groups (broad SMARTS) is 1. The number of benzene rings is 1. The van der Waals surface area contributed by atoms with Crippen molar-refractivity contribution in [2.24, 2.45) is 0 Å². The van der Waals surface area contributed by atoms with Crippen molar-refractivity contribution < 1.29 is 9.90 Å². The molecule has 1 aromatic rings. The molecule has 2 unspecified atom stereocenters. The van der Waals surface area contributed by atoms with Gasteiger partial charge in [0.15, 0.2) is 0 Å². The fourth-order valence-electron chi connectivity index (χ4n) is 2.61. The Morgan fingerprint density at radius 3 is 2.84 bits per heavy atom.